The fourth-order valence-electron chi connectivity index (χ4n) is 1.24. The lowest BCUT2D eigenvalue weighted by Gasteiger charge is -2.10. The fourth-order valence-corrected chi connectivity index (χ4v) is 1.24. The SMILES string of the molecule is CCOC(=O)c1c(F)cc(OC)cc1OC. The zero-order valence-electron chi connectivity index (χ0n) is 9.37. The Kier molecular flexibility index (Phi) is 4.10. The highest BCUT2D eigenvalue weighted by atomic mass is 19.1. The molecule has 0 heterocycles. The maximum Gasteiger partial charge on any atom is 0.344 e. The molecule has 0 radical (unpaired) electrons. The maximum absolute atomic E-state index is 13.6. The van der Waals surface area contributed by atoms with Crippen LogP contribution in [-0.4, -0.2) is 26.8 Å². The first-order valence-electron chi connectivity index (χ1n) is 4.72. The molecule has 0 saturated carbocycles. The molecule has 0 atom stereocenters. The standard InChI is InChI=1S/C11H13FO4/c1-4-16-11(13)10-8(12)5-7(14-2)6-9(10)15-3/h5-6H,4H2,1-3H3. The second-order valence-corrected chi connectivity index (χ2v) is 2.91. The zero-order valence-corrected chi connectivity index (χ0v) is 9.37. The molecule has 0 fully saturated rings. The van der Waals surface area contributed by atoms with Crippen molar-refractivity contribution in [2.45, 2.75) is 6.92 Å². The van der Waals surface area contributed by atoms with Crippen molar-refractivity contribution < 1.29 is 23.4 Å². The summed E-state index contributed by atoms with van der Waals surface area (Å²) in [6, 6.07) is 2.53. The van der Waals surface area contributed by atoms with Crippen LogP contribution in [0.25, 0.3) is 0 Å². The summed E-state index contributed by atoms with van der Waals surface area (Å²) >= 11 is 0. The number of carbonyl (C=O) groups is 1. The van der Waals surface area contributed by atoms with E-state index in [1.807, 2.05) is 0 Å². The molecule has 1 aromatic carbocycles. The van der Waals surface area contributed by atoms with Crippen molar-refractivity contribution in [1.29, 1.82) is 0 Å². The van der Waals surface area contributed by atoms with E-state index in [1.165, 1.54) is 20.3 Å². The normalized spacial score (nSPS) is 9.75. The summed E-state index contributed by atoms with van der Waals surface area (Å²) in [4.78, 5) is 11.5. The van der Waals surface area contributed by atoms with E-state index >= 15 is 0 Å². The average Bonchev–Trinajstić information content (AvgIpc) is 2.27. The van der Waals surface area contributed by atoms with E-state index in [1.54, 1.807) is 6.92 Å². The summed E-state index contributed by atoms with van der Waals surface area (Å²) < 4.78 is 28.1. The number of hydrogen-bond acceptors (Lipinski definition) is 4. The third-order valence-electron chi connectivity index (χ3n) is 1.96. The van der Waals surface area contributed by atoms with Crippen LogP contribution >= 0.6 is 0 Å². The van der Waals surface area contributed by atoms with Gasteiger partial charge < -0.3 is 14.2 Å². The van der Waals surface area contributed by atoms with E-state index in [9.17, 15) is 9.18 Å². The number of ether oxygens (including phenoxy) is 3. The molecule has 0 N–H and O–H groups in total. The average molecular weight is 228 g/mol. The molecule has 16 heavy (non-hydrogen) atoms. The summed E-state index contributed by atoms with van der Waals surface area (Å²) in [5.74, 6) is -1.10. The van der Waals surface area contributed by atoms with Crippen LogP contribution in [0.3, 0.4) is 0 Å². The van der Waals surface area contributed by atoms with Gasteiger partial charge in [0.25, 0.3) is 0 Å². The van der Waals surface area contributed by atoms with Gasteiger partial charge in [-0.25, -0.2) is 9.18 Å². The molecule has 5 heteroatoms. The quantitative estimate of drug-likeness (QED) is 0.739. The van der Waals surface area contributed by atoms with Gasteiger partial charge in [0, 0.05) is 12.1 Å². The third kappa shape index (κ3) is 2.42. The molecule has 1 rings (SSSR count). The van der Waals surface area contributed by atoms with Crippen LogP contribution in [-0.2, 0) is 4.74 Å². The predicted octanol–water partition coefficient (Wildman–Crippen LogP) is 2.02. The minimum absolute atomic E-state index is 0.0929. The summed E-state index contributed by atoms with van der Waals surface area (Å²) in [5, 5.41) is 0. The van der Waals surface area contributed by atoms with Crippen LogP contribution in [0.4, 0.5) is 4.39 Å². The van der Waals surface area contributed by atoms with Crippen LogP contribution in [0.15, 0.2) is 12.1 Å². The first-order chi connectivity index (χ1) is 7.63. The molecule has 4 nitrogen and oxygen atoms in total. The molecule has 0 bridgehead atoms. The topological polar surface area (TPSA) is 44.8 Å². The highest BCUT2D eigenvalue weighted by molar-refractivity contribution is 5.93. The Morgan fingerprint density at radius 1 is 1.31 bits per heavy atom. The molecular weight excluding hydrogens is 215 g/mol. The third-order valence-corrected chi connectivity index (χ3v) is 1.96. The van der Waals surface area contributed by atoms with Crippen molar-refractivity contribution in [3.8, 4) is 11.5 Å². The van der Waals surface area contributed by atoms with Crippen LogP contribution in [0.5, 0.6) is 11.5 Å². The van der Waals surface area contributed by atoms with Crippen molar-refractivity contribution in [2.24, 2.45) is 0 Å². The molecule has 0 spiro atoms. The van der Waals surface area contributed by atoms with Crippen LogP contribution in [0.2, 0.25) is 0 Å². The van der Waals surface area contributed by atoms with Crippen molar-refractivity contribution >= 4 is 5.97 Å². The molecular formula is C11H13FO4. The number of benzene rings is 1. The Morgan fingerprint density at radius 3 is 2.50 bits per heavy atom. The van der Waals surface area contributed by atoms with E-state index in [-0.39, 0.29) is 23.7 Å². The number of halogens is 1. The Bertz CT molecular complexity index is 390. The monoisotopic (exact) mass is 228 g/mol. The second kappa shape index (κ2) is 5.34. The molecule has 1 aromatic rings. The molecule has 0 aromatic heterocycles. The Morgan fingerprint density at radius 2 is 2.00 bits per heavy atom. The molecule has 0 saturated heterocycles. The lowest BCUT2D eigenvalue weighted by Crippen LogP contribution is -2.09. The van der Waals surface area contributed by atoms with Crippen LogP contribution < -0.4 is 9.47 Å². The van der Waals surface area contributed by atoms with Gasteiger partial charge in [-0.3, -0.25) is 0 Å². The van der Waals surface area contributed by atoms with Crippen molar-refractivity contribution in [3.05, 3.63) is 23.5 Å². The van der Waals surface area contributed by atoms with Gasteiger partial charge in [-0.1, -0.05) is 0 Å². The molecule has 0 amide bonds. The van der Waals surface area contributed by atoms with E-state index in [0.29, 0.717) is 0 Å². The molecule has 0 unspecified atom stereocenters. The summed E-state index contributed by atoms with van der Waals surface area (Å²) in [6.45, 7) is 1.82. The van der Waals surface area contributed by atoms with Crippen molar-refractivity contribution in [1.82, 2.24) is 0 Å². The number of esters is 1. The second-order valence-electron chi connectivity index (χ2n) is 2.91. The molecule has 0 aliphatic carbocycles. The minimum Gasteiger partial charge on any atom is -0.497 e. The van der Waals surface area contributed by atoms with Crippen molar-refractivity contribution in [3.63, 3.8) is 0 Å². The molecule has 0 aliphatic heterocycles. The largest absolute Gasteiger partial charge is 0.497 e. The van der Waals surface area contributed by atoms with E-state index in [0.717, 1.165) is 6.07 Å². The minimum atomic E-state index is -0.750. The first kappa shape index (κ1) is 12.3. The predicted molar refractivity (Wildman–Crippen MR) is 55.5 cm³/mol. The molecule has 0 aliphatic rings. The van der Waals surface area contributed by atoms with E-state index < -0.39 is 11.8 Å². The highest BCUT2D eigenvalue weighted by Crippen LogP contribution is 2.28. The van der Waals surface area contributed by atoms with Gasteiger partial charge >= 0.3 is 5.97 Å². The summed E-state index contributed by atoms with van der Waals surface area (Å²) in [5.41, 5.74) is -0.217. The lowest BCUT2D eigenvalue weighted by molar-refractivity contribution is 0.0517. The Balaban J connectivity index is 3.21. The van der Waals surface area contributed by atoms with Gasteiger partial charge in [0.05, 0.1) is 20.8 Å². The first-order valence-corrected chi connectivity index (χ1v) is 4.72. The maximum atomic E-state index is 13.6. The van der Waals surface area contributed by atoms with E-state index in [4.69, 9.17) is 14.2 Å². The lowest BCUT2D eigenvalue weighted by atomic mass is 10.2. The number of methoxy groups -OCH3 is 2. The number of hydrogen-bond donors (Lipinski definition) is 0. The highest BCUT2D eigenvalue weighted by Gasteiger charge is 2.20. The van der Waals surface area contributed by atoms with Crippen molar-refractivity contribution in [2.75, 3.05) is 20.8 Å². The smallest absolute Gasteiger partial charge is 0.344 e. The van der Waals surface area contributed by atoms with Crippen LogP contribution in [0.1, 0.15) is 17.3 Å². The fraction of sp³-hybridized carbons (Fsp3) is 0.364. The van der Waals surface area contributed by atoms with Gasteiger partial charge in [0.1, 0.15) is 22.9 Å². The van der Waals surface area contributed by atoms with Crippen LogP contribution in [0, 0.1) is 5.82 Å². The number of rotatable bonds is 4. The Hall–Kier alpha value is -1.78. The summed E-state index contributed by atoms with van der Waals surface area (Å²) in [7, 11) is 2.75. The Labute approximate surface area is 92.9 Å². The van der Waals surface area contributed by atoms with Gasteiger partial charge in [-0.05, 0) is 6.92 Å². The molecule has 88 valence electrons. The van der Waals surface area contributed by atoms with Gasteiger partial charge in [-0.2, -0.15) is 0 Å². The summed E-state index contributed by atoms with van der Waals surface area (Å²) in [6.07, 6.45) is 0. The zero-order chi connectivity index (χ0) is 12.1. The van der Waals surface area contributed by atoms with Gasteiger partial charge in [0.2, 0.25) is 0 Å². The van der Waals surface area contributed by atoms with Gasteiger partial charge in [0.15, 0.2) is 0 Å². The number of carbonyl (C=O) groups excluding carboxylic acids is 1. The van der Waals surface area contributed by atoms with E-state index in [2.05, 4.69) is 0 Å². The van der Waals surface area contributed by atoms with Gasteiger partial charge in [-0.15, -0.1) is 0 Å².